The molecule has 1 N–H and O–H groups in total. The summed E-state index contributed by atoms with van der Waals surface area (Å²) in [6.45, 7) is 15.2. The van der Waals surface area contributed by atoms with E-state index in [1.165, 1.54) is 19.6 Å². The SMILES string of the molecule is C=CCN(CC1CNC1)C(C)(C)C. The van der Waals surface area contributed by atoms with E-state index in [4.69, 9.17) is 0 Å². The first kappa shape index (κ1) is 10.7. The van der Waals surface area contributed by atoms with E-state index in [0.717, 1.165) is 12.5 Å². The van der Waals surface area contributed by atoms with Crippen LogP contribution < -0.4 is 5.32 Å². The van der Waals surface area contributed by atoms with Crippen LogP contribution in [0.4, 0.5) is 0 Å². The number of hydrogen-bond acceptors (Lipinski definition) is 2. The van der Waals surface area contributed by atoms with Crippen LogP contribution in [0.25, 0.3) is 0 Å². The molecule has 1 aliphatic rings. The molecular weight excluding hydrogens is 160 g/mol. The van der Waals surface area contributed by atoms with Crippen LogP contribution in [-0.4, -0.2) is 36.6 Å². The van der Waals surface area contributed by atoms with Gasteiger partial charge in [-0.25, -0.2) is 0 Å². The van der Waals surface area contributed by atoms with Crippen molar-refractivity contribution in [1.29, 1.82) is 0 Å². The minimum Gasteiger partial charge on any atom is -0.316 e. The van der Waals surface area contributed by atoms with Gasteiger partial charge in [-0.2, -0.15) is 0 Å². The standard InChI is InChI=1S/C11H22N2/c1-5-6-13(11(2,3)4)9-10-7-12-8-10/h5,10,12H,1,6-9H2,2-4H3. The average Bonchev–Trinajstić information content (AvgIpc) is 1.91. The van der Waals surface area contributed by atoms with Gasteiger partial charge in [-0.05, 0) is 26.7 Å². The Labute approximate surface area is 82.0 Å². The third-order valence-corrected chi connectivity index (χ3v) is 2.64. The molecule has 0 saturated carbocycles. The van der Waals surface area contributed by atoms with Crippen molar-refractivity contribution in [2.75, 3.05) is 26.2 Å². The van der Waals surface area contributed by atoms with Gasteiger partial charge in [0.1, 0.15) is 0 Å². The lowest BCUT2D eigenvalue weighted by Gasteiger charge is -2.40. The Bertz CT molecular complexity index is 165. The summed E-state index contributed by atoms with van der Waals surface area (Å²) in [4.78, 5) is 2.49. The molecule has 2 heteroatoms. The molecule has 1 aliphatic heterocycles. The predicted molar refractivity (Wildman–Crippen MR) is 57.9 cm³/mol. The topological polar surface area (TPSA) is 15.3 Å². The Morgan fingerprint density at radius 2 is 2.08 bits per heavy atom. The molecule has 76 valence electrons. The number of hydrogen-bond donors (Lipinski definition) is 1. The molecular formula is C11H22N2. The molecule has 0 aromatic carbocycles. The highest BCUT2D eigenvalue weighted by Crippen LogP contribution is 2.16. The van der Waals surface area contributed by atoms with Gasteiger partial charge in [-0.1, -0.05) is 6.08 Å². The quantitative estimate of drug-likeness (QED) is 0.663. The summed E-state index contributed by atoms with van der Waals surface area (Å²) in [5.41, 5.74) is 0.268. The molecule has 1 fully saturated rings. The molecule has 0 radical (unpaired) electrons. The first-order valence-electron chi connectivity index (χ1n) is 5.10. The van der Waals surface area contributed by atoms with E-state index in [1.807, 2.05) is 6.08 Å². The Morgan fingerprint density at radius 1 is 1.46 bits per heavy atom. The van der Waals surface area contributed by atoms with Crippen LogP contribution in [0.3, 0.4) is 0 Å². The van der Waals surface area contributed by atoms with Crippen molar-refractivity contribution in [1.82, 2.24) is 10.2 Å². The van der Waals surface area contributed by atoms with Gasteiger partial charge in [-0.15, -0.1) is 6.58 Å². The first-order chi connectivity index (χ1) is 6.04. The molecule has 0 aromatic heterocycles. The summed E-state index contributed by atoms with van der Waals surface area (Å²) < 4.78 is 0. The van der Waals surface area contributed by atoms with Gasteiger partial charge < -0.3 is 5.32 Å². The fourth-order valence-corrected chi connectivity index (χ4v) is 1.57. The summed E-state index contributed by atoms with van der Waals surface area (Å²) in [7, 11) is 0. The van der Waals surface area contributed by atoms with Crippen LogP contribution >= 0.6 is 0 Å². The van der Waals surface area contributed by atoms with E-state index in [2.05, 4.69) is 37.6 Å². The zero-order valence-electron chi connectivity index (χ0n) is 9.14. The maximum Gasteiger partial charge on any atom is 0.0165 e. The molecule has 0 aromatic rings. The van der Waals surface area contributed by atoms with Crippen LogP contribution in [0.5, 0.6) is 0 Å². The van der Waals surface area contributed by atoms with Gasteiger partial charge in [0.15, 0.2) is 0 Å². The van der Waals surface area contributed by atoms with Gasteiger partial charge in [0.25, 0.3) is 0 Å². The average molecular weight is 182 g/mol. The highest BCUT2D eigenvalue weighted by atomic mass is 15.2. The summed E-state index contributed by atoms with van der Waals surface area (Å²) in [6.07, 6.45) is 2.00. The Hall–Kier alpha value is -0.340. The molecule has 13 heavy (non-hydrogen) atoms. The minimum absolute atomic E-state index is 0.268. The van der Waals surface area contributed by atoms with Crippen molar-refractivity contribution in [3.8, 4) is 0 Å². The molecule has 2 nitrogen and oxygen atoms in total. The molecule has 0 aliphatic carbocycles. The van der Waals surface area contributed by atoms with Crippen molar-refractivity contribution < 1.29 is 0 Å². The van der Waals surface area contributed by atoms with E-state index in [-0.39, 0.29) is 5.54 Å². The van der Waals surface area contributed by atoms with Crippen LogP contribution in [0.2, 0.25) is 0 Å². The number of nitrogens with zero attached hydrogens (tertiary/aromatic N) is 1. The molecule has 0 atom stereocenters. The molecule has 1 rings (SSSR count). The minimum atomic E-state index is 0.268. The third kappa shape index (κ3) is 3.12. The summed E-state index contributed by atoms with van der Waals surface area (Å²) in [5.74, 6) is 0.846. The van der Waals surface area contributed by atoms with Crippen molar-refractivity contribution >= 4 is 0 Å². The van der Waals surface area contributed by atoms with Gasteiger partial charge >= 0.3 is 0 Å². The Kier molecular flexibility index (Phi) is 3.51. The fourth-order valence-electron chi connectivity index (χ4n) is 1.57. The smallest absolute Gasteiger partial charge is 0.0165 e. The van der Waals surface area contributed by atoms with E-state index < -0.39 is 0 Å². The zero-order valence-corrected chi connectivity index (χ0v) is 9.14. The van der Waals surface area contributed by atoms with Crippen LogP contribution in [0, 0.1) is 5.92 Å². The van der Waals surface area contributed by atoms with Crippen molar-refractivity contribution in [3.63, 3.8) is 0 Å². The lowest BCUT2D eigenvalue weighted by Crippen LogP contribution is -2.52. The molecule has 0 unspecified atom stereocenters. The third-order valence-electron chi connectivity index (χ3n) is 2.64. The van der Waals surface area contributed by atoms with E-state index in [9.17, 15) is 0 Å². The second kappa shape index (κ2) is 4.25. The first-order valence-corrected chi connectivity index (χ1v) is 5.10. The summed E-state index contributed by atoms with van der Waals surface area (Å²) >= 11 is 0. The maximum absolute atomic E-state index is 3.81. The number of nitrogens with one attached hydrogen (secondary N) is 1. The maximum atomic E-state index is 3.81. The highest BCUT2D eigenvalue weighted by Gasteiger charge is 2.26. The van der Waals surface area contributed by atoms with Crippen LogP contribution in [0.1, 0.15) is 20.8 Å². The number of rotatable bonds is 4. The largest absolute Gasteiger partial charge is 0.316 e. The van der Waals surface area contributed by atoms with Gasteiger partial charge in [0, 0.05) is 31.7 Å². The van der Waals surface area contributed by atoms with E-state index in [1.54, 1.807) is 0 Å². The van der Waals surface area contributed by atoms with Gasteiger partial charge in [0.05, 0.1) is 0 Å². The van der Waals surface area contributed by atoms with Crippen molar-refractivity contribution in [2.45, 2.75) is 26.3 Å². The van der Waals surface area contributed by atoms with Crippen molar-refractivity contribution in [3.05, 3.63) is 12.7 Å². The molecule has 1 saturated heterocycles. The second-order valence-electron chi connectivity index (χ2n) is 4.89. The second-order valence-corrected chi connectivity index (χ2v) is 4.89. The Morgan fingerprint density at radius 3 is 2.38 bits per heavy atom. The summed E-state index contributed by atoms with van der Waals surface area (Å²) in [5, 5.41) is 3.31. The van der Waals surface area contributed by atoms with Gasteiger partial charge in [-0.3, -0.25) is 4.90 Å². The predicted octanol–water partition coefficient (Wildman–Crippen LogP) is 1.49. The lowest BCUT2D eigenvalue weighted by atomic mass is 9.98. The van der Waals surface area contributed by atoms with Crippen LogP contribution in [0.15, 0.2) is 12.7 Å². The van der Waals surface area contributed by atoms with E-state index in [0.29, 0.717) is 0 Å². The monoisotopic (exact) mass is 182 g/mol. The molecule has 0 amide bonds. The normalized spacial score (nSPS) is 18.8. The summed E-state index contributed by atoms with van der Waals surface area (Å²) in [6, 6.07) is 0. The van der Waals surface area contributed by atoms with Gasteiger partial charge in [0.2, 0.25) is 0 Å². The Balaban J connectivity index is 2.41. The lowest BCUT2D eigenvalue weighted by molar-refractivity contribution is 0.111. The molecule has 0 bridgehead atoms. The highest BCUT2D eigenvalue weighted by molar-refractivity contribution is 4.87. The van der Waals surface area contributed by atoms with E-state index >= 15 is 0 Å². The fraction of sp³-hybridized carbons (Fsp3) is 0.818. The zero-order chi connectivity index (χ0) is 9.90. The van der Waals surface area contributed by atoms with Crippen molar-refractivity contribution in [2.24, 2.45) is 5.92 Å². The molecule has 0 spiro atoms. The van der Waals surface area contributed by atoms with Crippen LogP contribution in [-0.2, 0) is 0 Å². The molecule has 1 heterocycles.